The van der Waals surface area contributed by atoms with Crippen molar-refractivity contribution in [3.05, 3.63) is 28.8 Å². The Morgan fingerprint density at radius 2 is 2.30 bits per heavy atom. The molecular formula is C15H22ClNO3. The van der Waals surface area contributed by atoms with Crippen LogP contribution in [0, 0.1) is 0 Å². The quantitative estimate of drug-likeness (QED) is 0.877. The minimum absolute atomic E-state index is 0.0128. The summed E-state index contributed by atoms with van der Waals surface area (Å²) in [7, 11) is 1.64. The maximum atomic E-state index is 6.38. The van der Waals surface area contributed by atoms with E-state index in [1.54, 1.807) is 7.11 Å². The smallest absolute Gasteiger partial charge is 0.120 e. The van der Waals surface area contributed by atoms with Crippen LogP contribution in [0.5, 0.6) is 5.75 Å². The maximum Gasteiger partial charge on any atom is 0.120 e. The average Bonchev–Trinajstić information content (AvgIpc) is 2.50. The lowest BCUT2D eigenvalue weighted by Gasteiger charge is -2.32. The van der Waals surface area contributed by atoms with Gasteiger partial charge in [0.15, 0.2) is 0 Å². The van der Waals surface area contributed by atoms with Gasteiger partial charge in [-0.05, 0) is 30.7 Å². The number of benzene rings is 1. The Hall–Kier alpha value is -0.810. The molecule has 1 N–H and O–H groups in total. The van der Waals surface area contributed by atoms with E-state index in [2.05, 4.69) is 12.2 Å². The van der Waals surface area contributed by atoms with Gasteiger partial charge in [-0.1, -0.05) is 24.6 Å². The molecule has 1 aliphatic rings. The topological polar surface area (TPSA) is 39.7 Å². The zero-order valence-electron chi connectivity index (χ0n) is 12.0. The van der Waals surface area contributed by atoms with Crippen LogP contribution in [0.4, 0.5) is 0 Å². The molecule has 20 heavy (non-hydrogen) atoms. The molecule has 0 aromatic heterocycles. The molecule has 1 aliphatic heterocycles. The van der Waals surface area contributed by atoms with Crippen LogP contribution >= 0.6 is 11.6 Å². The average molecular weight is 300 g/mol. The van der Waals surface area contributed by atoms with Gasteiger partial charge >= 0.3 is 0 Å². The summed E-state index contributed by atoms with van der Waals surface area (Å²) in [5, 5.41) is 4.19. The lowest BCUT2D eigenvalue weighted by atomic mass is 10.0. The molecule has 0 radical (unpaired) electrons. The van der Waals surface area contributed by atoms with Gasteiger partial charge in [0, 0.05) is 5.02 Å². The van der Waals surface area contributed by atoms with Gasteiger partial charge in [-0.25, -0.2) is 0 Å². The maximum absolute atomic E-state index is 6.38. The summed E-state index contributed by atoms with van der Waals surface area (Å²) in [6.45, 7) is 4.92. The van der Waals surface area contributed by atoms with E-state index >= 15 is 0 Å². The lowest BCUT2D eigenvalue weighted by molar-refractivity contribution is -0.102. The van der Waals surface area contributed by atoms with Gasteiger partial charge in [0.05, 0.1) is 33.0 Å². The Morgan fingerprint density at radius 3 is 2.90 bits per heavy atom. The zero-order valence-corrected chi connectivity index (χ0v) is 12.8. The molecule has 0 amide bonds. The molecule has 5 heteroatoms. The Labute approximate surface area is 125 Å². The first kappa shape index (κ1) is 15.6. The molecule has 112 valence electrons. The molecule has 2 unspecified atom stereocenters. The highest BCUT2D eigenvalue weighted by molar-refractivity contribution is 6.31. The van der Waals surface area contributed by atoms with Crippen molar-refractivity contribution >= 4 is 11.6 Å². The number of hydrogen-bond donors (Lipinski definition) is 1. The third-order valence-electron chi connectivity index (χ3n) is 3.37. The van der Waals surface area contributed by atoms with Gasteiger partial charge in [0.25, 0.3) is 0 Å². The molecule has 1 fully saturated rings. The molecule has 1 saturated heterocycles. The summed E-state index contributed by atoms with van der Waals surface area (Å²) >= 11 is 6.38. The van der Waals surface area contributed by atoms with Crippen LogP contribution in [0.15, 0.2) is 18.2 Å². The first-order chi connectivity index (χ1) is 9.76. The normalized spacial score (nSPS) is 20.6. The predicted octanol–water partition coefficient (Wildman–Crippen LogP) is 2.80. The number of halogens is 1. The third kappa shape index (κ3) is 3.85. The van der Waals surface area contributed by atoms with Crippen molar-refractivity contribution in [2.24, 2.45) is 0 Å². The highest BCUT2D eigenvalue weighted by Crippen LogP contribution is 2.31. The van der Waals surface area contributed by atoms with E-state index in [1.807, 2.05) is 18.2 Å². The van der Waals surface area contributed by atoms with Crippen LogP contribution in [-0.2, 0) is 9.47 Å². The van der Waals surface area contributed by atoms with Crippen LogP contribution in [-0.4, -0.2) is 39.6 Å². The largest absolute Gasteiger partial charge is 0.497 e. The van der Waals surface area contributed by atoms with Crippen LogP contribution < -0.4 is 10.1 Å². The summed E-state index contributed by atoms with van der Waals surface area (Å²) < 4.78 is 16.5. The van der Waals surface area contributed by atoms with Crippen LogP contribution in [0.2, 0.25) is 5.02 Å². The second-order valence-corrected chi connectivity index (χ2v) is 5.21. The summed E-state index contributed by atoms with van der Waals surface area (Å²) in [5.74, 6) is 0.758. The zero-order chi connectivity index (χ0) is 14.4. The molecule has 0 spiro atoms. The van der Waals surface area contributed by atoms with Crippen molar-refractivity contribution in [3.63, 3.8) is 0 Å². The van der Waals surface area contributed by atoms with E-state index in [0.29, 0.717) is 24.8 Å². The van der Waals surface area contributed by atoms with Crippen LogP contribution in [0.25, 0.3) is 0 Å². The van der Waals surface area contributed by atoms with Crippen LogP contribution in [0.1, 0.15) is 24.9 Å². The van der Waals surface area contributed by atoms with E-state index in [0.717, 1.165) is 24.3 Å². The van der Waals surface area contributed by atoms with E-state index < -0.39 is 0 Å². The van der Waals surface area contributed by atoms with Gasteiger partial charge < -0.3 is 19.5 Å². The molecule has 1 aromatic carbocycles. The summed E-state index contributed by atoms with van der Waals surface area (Å²) in [6.07, 6.45) is 1.04. The molecular weight excluding hydrogens is 278 g/mol. The van der Waals surface area contributed by atoms with Gasteiger partial charge in [0.1, 0.15) is 11.9 Å². The summed E-state index contributed by atoms with van der Waals surface area (Å²) in [5.41, 5.74) is 1.02. The standard InChI is InChI=1S/C15H22ClNO3/c1-3-6-17-15(14-10-19-7-8-20-14)12-5-4-11(18-2)9-13(12)16/h4-5,9,14-15,17H,3,6-8,10H2,1-2H3. The molecule has 2 atom stereocenters. The SMILES string of the molecule is CCCNC(c1ccc(OC)cc1Cl)C1COCCO1. The Bertz CT molecular complexity index is 422. The molecule has 0 aliphatic carbocycles. The Kier molecular flexibility index (Phi) is 6.10. The molecule has 0 saturated carbocycles. The van der Waals surface area contributed by atoms with Crippen molar-refractivity contribution in [1.29, 1.82) is 0 Å². The fraction of sp³-hybridized carbons (Fsp3) is 0.600. The van der Waals surface area contributed by atoms with E-state index in [-0.39, 0.29) is 12.1 Å². The number of methoxy groups -OCH3 is 1. The van der Waals surface area contributed by atoms with Crippen molar-refractivity contribution in [2.45, 2.75) is 25.5 Å². The fourth-order valence-corrected chi connectivity index (χ4v) is 2.62. The first-order valence-corrected chi connectivity index (χ1v) is 7.40. The molecule has 4 nitrogen and oxygen atoms in total. The first-order valence-electron chi connectivity index (χ1n) is 7.02. The Balaban J connectivity index is 2.20. The van der Waals surface area contributed by atoms with E-state index in [4.69, 9.17) is 25.8 Å². The second-order valence-electron chi connectivity index (χ2n) is 4.80. The van der Waals surface area contributed by atoms with Crippen LogP contribution in [0.3, 0.4) is 0 Å². The van der Waals surface area contributed by atoms with E-state index in [9.17, 15) is 0 Å². The predicted molar refractivity (Wildman–Crippen MR) is 79.6 cm³/mol. The van der Waals surface area contributed by atoms with Gasteiger partial charge in [-0.3, -0.25) is 0 Å². The van der Waals surface area contributed by atoms with Crippen molar-refractivity contribution in [1.82, 2.24) is 5.32 Å². The number of rotatable bonds is 6. The molecule has 2 rings (SSSR count). The van der Waals surface area contributed by atoms with Gasteiger partial charge in [-0.15, -0.1) is 0 Å². The monoisotopic (exact) mass is 299 g/mol. The number of ether oxygens (including phenoxy) is 3. The number of nitrogens with one attached hydrogen (secondary N) is 1. The summed E-state index contributed by atoms with van der Waals surface area (Å²) in [6, 6.07) is 5.78. The highest BCUT2D eigenvalue weighted by Gasteiger charge is 2.27. The third-order valence-corrected chi connectivity index (χ3v) is 3.70. The highest BCUT2D eigenvalue weighted by atomic mass is 35.5. The fourth-order valence-electron chi connectivity index (χ4n) is 2.33. The molecule has 1 heterocycles. The molecule has 0 bridgehead atoms. The Morgan fingerprint density at radius 1 is 1.45 bits per heavy atom. The van der Waals surface area contributed by atoms with Gasteiger partial charge in [0.2, 0.25) is 0 Å². The minimum Gasteiger partial charge on any atom is -0.497 e. The second kappa shape index (κ2) is 7.84. The summed E-state index contributed by atoms with van der Waals surface area (Å²) in [4.78, 5) is 0. The minimum atomic E-state index is -0.0128. The van der Waals surface area contributed by atoms with Gasteiger partial charge in [-0.2, -0.15) is 0 Å². The molecule has 1 aromatic rings. The van der Waals surface area contributed by atoms with Crippen molar-refractivity contribution < 1.29 is 14.2 Å². The lowest BCUT2D eigenvalue weighted by Crippen LogP contribution is -2.41. The van der Waals surface area contributed by atoms with Crippen molar-refractivity contribution in [2.75, 3.05) is 33.5 Å². The van der Waals surface area contributed by atoms with E-state index in [1.165, 1.54) is 0 Å². The number of hydrogen-bond acceptors (Lipinski definition) is 4. The van der Waals surface area contributed by atoms with Crippen molar-refractivity contribution in [3.8, 4) is 5.75 Å².